The molecule has 0 saturated carbocycles. The Balaban J connectivity index is 3.20. The molecular formula is C10H10Cl2O. The van der Waals surface area contributed by atoms with Gasteiger partial charge in [0.05, 0.1) is 0 Å². The van der Waals surface area contributed by atoms with Gasteiger partial charge < -0.3 is 0 Å². The molecule has 3 heteroatoms. The molecule has 1 aromatic rings. The molecule has 0 bridgehead atoms. The van der Waals surface area contributed by atoms with Crippen molar-refractivity contribution in [3.05, 3.63) is 34.3 Å². The van der Waals surface area contributed by atoms with Crippen molar-refractivity contribution in [2.24, 2.45) is 0 Å². The van der Waals surface area contributed by atoms with Gasteiger partial charge in [-0.1, -0.05) is 23.7 Å². The Labute approximate surface area is 87.7 Å². The van der Waals surface area contributed by atoms with Crippen LogP contribution in [0.3, 0.4) is 0 Å². The number of hydrogen-bond acceptors (Lipinski definition) is 1. The van der Waals surface area contributed by atoms with Crippen molar-refractivity contribution >= 4 is 29.0 Å². The fourth-order valence-electron chi connectivity index (χ4n) is 1.17. The van der Waals surface area contributed by atoms with E-state index in [4.69, 9.17) is 23.2 Å². The minimum absolute atomic E-state index is 0.0853. The van der Waals surface area contributed by atoms with Crippen LogP contribution in [0.5, 0.6) is 0 Å². The van der Waals surface area contributed by atoms with Gasteiger partial charge in [0.1, 0.15) is 5.38 Å². The molecule has 0 N–H and O–H groups in total. The van der Waals surface area contributed by atoms with Crippen molar-refractivity contribution < 1.29 is 4.79 Å². The van der Waals surface area contributed by atoms with E-state index >= 15 is 0 Å². The number of ketones is 1. The molecule has 0 saturated heterocycles. The maximum atomic E-state index is 11.1. The van der Waals surface area contributed by atoms with Gasteiger partial charge in [0, 0.05) is 5.02 Å². The molecular weight excluding hydrogens is 207 g/mol. The zero-order valence-corrected chi connectivity index (χ0v) is 8.99. The van der Waals surface area contributed by atoms with E-state index in [1.165, 1.54) is 6.92 Å². The Morgan fingerprint density at radius 3 is 2.54 bits per heavy atom. The van der Waals surface area contributed by atoms with Crippen LogP contribution >= 0.6 is 23.2 Å². The van der Waals surface area contributed by atoms with Crippen LogP contribution in [0.4, 0.5) is 0 Å². The van der Waals surface area contributed by atoms with E-state index in [0.29, 0.717) is 5.02 Å². The molecule has 0 aliphatic carbocycles. The first-order chi connectivity index (χ1) is 6.04. The highest BCUT2D eigenvalue weighted by molar-refractivity contribution is 6.36. The van der Waals surface area contributed by atoms with E-state index in [2.05, 4.69) is 0 Å². The van der Waals surface area contributed by atoms with Crippen molar-refractivity contribution in [1.82, 2.24) is 0 Å². The van der Waals surface area contributed by atoms with Gasteiger partial charge in [-0.15, -0.1) is 11.6 Å². The fraction of sp³-hybridized carbons (Fsp3) is 0.300. The van der Waals surface area contributed by atoms with Crippen LogP contribution < -0.4 is 0 Å². The number of rotatable bonds is 2. The Morgan fingerprint density at radius 2 is 2.08 bits per heavy atom. The summed E-state index contributed by atoms with van der Waals surface area (Å²) in [6.45, 7) is 3.35. The third-order valence-corrected chi connectivity index (χ3v) is 2.74. The van der Waals surface area contributed by atoms with Crippen molar-refractivity contribution in [1.29, 1.82) is 0 Å². The molecule has 0 heterocycles. The largest absolute Gasteiger partial charge is 0.298 e. The normalized spacial score (nSPS) is 12.6. The summed E-state index contributed by atoms with van der Waals surface area (Å²) in [6.07, 6.45) is 0. The minimum Gasteiger partial charge on any atom is -0.298 e. The van der Waals surface area contributed by atoms with Gasteiger partial charge in [-0.25, -0.2) is 0 Å². The number of Topliss-reactive ketones (excluding diaryl/α,β-unsaturated/α-hetero) is 1. The third-order valence-electron chi connectivity index (χ3n) is 1.88. The van der Waals surface area contributed by atoms with Crippen LogP contribution in [-0.4, -0.2) is 5.78 Å². The van der Waals surface area contributed by atoms with Crippen molar-refractivity contribution in [2.45, 2.75) is 19.2 Å². The Bertz CT molecular complexity index is 313. The molecule has 13 heavy (non-hydrogen) atoms. The monoisotopic (exact) mass is 216 g/mol. The maximum absolute atomic E-state index is 11.1. The number of carbonyl (C=O) groups is 1. The SMILES string of the molecule is CC(=O)C(Cl)c1c(C)cccc1Cl. The summed E-state index contributed by atoms with van der Waals surface area (Å²) in [5, 5.41) is -0.0797. The maximum Gasteiger partial charge on any atom is 0.152 e. The average molecular weight is 217 g/mol. The van der Waals surface area contributed by atoms with Gasteiger partial charge in [-0.2, -0.15) is 0 Å². The second-order valence-electron chi connectivity index (χ2n) is 2.94. The molecule has 0 fully saturated rings. The first kappa shape index (κ1) is 10.6. The van der Waals surface area contributed by atoms with E-state index in [-0.39, 0.29) is 5.78 Å². The zero-order valence-electron chi connectivity index (χ0n) is 7.47. The molecule has 1 rings (SSSR count). The average Bonchev–Trinajstić information content (AvgIpc) is 2.03. The lowest BCUT2D eigenvalue weighted by atomic mass is 10.0. The summed E-state index contributed by atoms with van der Waals surface area (Å²) < 4.78 is 0. The molecule has 0 aliphatic heterocycles. The van der Waals surface area contributed by atoms with Gasteiger partial charge in [0.15, 0.2) is 5.78 Å². The molecule has 1 aromatic carbocycles. The van der Waals surface area contributed by atoms with Crippen LogP contribution in [0.25, 0.3) is 0 Å². The molecule has 0 radical (unpaired) electrons. The third kappa shape index (κ3) is 2.23. The van der Waals surface area contributed by atoms with Crippen LogP contribution in [0.2, 0.25) is 5.02 Å². The second kappa shape index (κ2) is 4.12. The lowest BCUT2D eigenvalue weighted by Gasteiger charge is -2.11. The number of benzene rings is 1. The summed E-state index contributed by atoms with van der Waals surface area (Å²) in [4.78, 5) is 11.1. The Morgan fingerprint density at radius 1 is 1.46 bits per heavy atom. The molecule has 1 unspecified atom stereocenters. The number of aryl methyl sites for hydroxylation is 1. The van der Waals surface area contributed by atoms with Gasteiger partial charge in [-0.3, -0.25) is 4.79 Å². The minimum atomic E-state index is -0.631. The van der Waals surface area contributed by atoms with E-state index in [1.807, 2.05) is 19.1 Å². The molecule has 0 spiro atoms. The van der Waals surface area contributed by atoms with Crippen molar-refractivity contribution in [3.8, 4) is 0 Å². The van der Waals surface area contributed by atoms with Gasteiger partial charge in [-0.05, 0) is 31.0 Å². The number of halogens is 2. The number of hydrogen-bond donors (Lipinski definition) is 0. The van der Waals surface area contributed by atoms with Crippen LogP contribution in [0.1, 0.15) is 23.4 Å². The lowest BCUT2D eigenvalue weighted by Crippen LogP contribution is -2.04. The van der Waals surface area contributed by atoms with Gasteiger partial charge >= 0.3 is 0 Å². The first-order valence-electron chi connectivity index (χ1n) is 3.93. The molecule has 0 aromatic heterocycles. The first-order valence-corrected chi connectivity index (χ1v) is 4.75. The van der Waals surface area contributed by atoms with Gasteiger partial charge in [0.25, 0.3) is 0 Å². The summed E-state index contributed by atoms with van der Waals surface area (Å²) in [5.74, 6) is -0.0853. The highest BCUT2D eigenvalue weighted by atomic mass is 35.5. The quantitative estimate of drug-likeness (QED) is 0.692. The zero-order chi connectivity index (χ0) is 10.0. The second-order valence-corrected chi connectivity index (χ2v) is 3.79. The number of carbonyl (C=O) groups excluding carboxylic acids is 1. The molecule has 0 aliphatic rings. The smallest absolute Gasteiger partial charge is 0.152 e. The van der Waals surface area contributed by atoms with E-state index in [9.17, 15) is 4.79 Å². The Hall–Kier alpha value is -0.530. The van der Waals surface area contributed by atoms with Crippen LogP contribution in [0, 0.1) is 6.92 Å². The summed E-state index contributed by atoms with van der Waals surface area (Å²) >= 11 is 11.8. The van der Waals surface area contributed by atoms with Crippen molar-refractivity contribution in [2.75, 3.05) is 0 Å². The number of alkyl halides is 1. The fourth-order valence-corrected chi connectivity index (χ4v) is 1.85. The molecule has 1 atom stereocenters. The molecule has 70 valence electrons. The predicted molar refractivity (Wildman–Crippen MR) is 55.5 cm³/mol. The van der Waals surface area contributed by atoms with E-state index < -0.39 is 5.38 Å². The lowest BCUT2D eigenvalue weighted by molar-refractivity contribution is -0.116. The van der Waals surface area contributed by atoms with E-state index in [0.717, 1.165) is 11.1 Å². The summed E-state index contributed by atoms with van der Waals surface area (Å²) in [6, 6.07) is 5.46. The standard InChI is InChI=1S/C10H10Cl2O/c1-6-4-3-5-8(11)9(6)10(12)7(2)13/h3-5,10H,1-2H3. The van der Waals surface area contributed by atoms with Gasteiger partial charge in [0.2, 0.25) is 0 Å². The van der Waals surface area contributed by atoms with Crippen molar-refractivity contribution in [3.63, 3.8) is 0 Å². The summed E-state index contributed by atoms with van der Waals surface area (Å²) in [5.41, 5.74) is 1.67. The Kier molecular flexibility index (Phi) is 3.34. The highest BCUT2D eigenvalue weighted by Crippen LogP contribution is 2.31. The predicted octanol–water partition coefficient (Wildman–Crippen LogP) is 3.52. The summed E-state index contributed by atoms with van der Waals surface area (Å²) in [7, 11) is 0. The van der Waals surface area contributed by atoms with E-state index in [1.54, 1.807) is 6.07 Å². The topological polar surface area (TPSA) is 17.1 Å². The highest BCUT2D eigenvalue weighted by Gasteiger charge is 2.17. The van der Waals surface area contributed by atoms with Crippen LogP contribution in [0.15, 0.2) is 18.2 Å². The molecule has 1 nitrogen and oxygen atoms in total. The van der Waals surface area contributed by atoms with Crippen LogP contribution in [-0.2, 0) is 4.79 Å². The molecule has 0 amide bonds.